The predicted molar refractivity (Wildman–Crippen MR) is 75.3 cm³/mol. The van der Waals surface area contributed by atoms with Crippen molar-refractivity contribution in [2.45, 2.75) is 20.3 Å². The highest BCUT2D eigenvalue weighted by atomic mass is 16.5. The summed E-state index contributed by atoms with van der Waals surface area (Å²) in [6.45, 7) is 6.79. The maximum Gasteiger partial charge on any atom is 0.313 e. The molecule has 0 spiro atoms. The molecule has 0 radical (unpaired) electrons. The fourth-order valence-corrected chi connectivity index (χ4v) is 1.76. The molecule has 4 heteroatoms. The minimum absolute atomic E-state index is 0.104. The third-order valence-electron chi connectivity index (χ3n) is 2.93. The molecule has 0 saturated carbocycles. The lowest BCUT2D eigenvalue weighted by Crippen LogP contribution is -2.25. The molecular formula is C16H18O4. The largest absolute Gasteiger partial charge is 0.466 e. The number of carbonyl (C=O) groups excluding carboxylic acids is 3. The van der Waals surface area contributed by atoms with Crippen molar-refractivity contribution in [1.82, 2.24) is 0 Å². The molecule has 0 aliphatic heterocycles. The number of carbonyl (C=O) groups is 3. The van der Waals surface area contributed by atoms with Gasteiger partial charge in [0.15, 0.2) is 11.6 Å². The molecule has 1 aromatic rings. The number of hydrogen-bond acceptors (Lipinski definition) is 4. The summed E-state index contributed by atoms with van der Waals surface area (Å²) in [5.74, 6) is -2.04. The van der Waals surface area contributed by atoms with Crippen LogP contribution in [-0.2, 0) is 14.3 Å². The van der Waals surface area contributed by atoms with Crippen molar-refractivity contribution in [2.75, 3.05) is 6.61 Å². The molecule has 0 unspecified atom stereocenters. The highest BCUT2D eigenvalue weighted by molar-refractivity contribution is 6.03. The van der Waals surface area contributed by atoms with Crippen LogP contribution < -0.4 is 0 Å². The molecule has 106 valence electrons. The minimum atomic E-state index is -0.917. The molecule has 0 aliphatic carbocycles. The Bertz CT molecular complexity index is 517. The number of esters is 1. The molecule has 0 aliphatic rings. The molecule has 0 amide bonds. The number of hydrogen-bond donors (Lipinski definition) is 0. The standard InChI is InChI=1S/C16H18O4/c1-4-20-16(19)14(11(2)12(3)17)10-15(18)13-8-6-5-7-9-13/h5-9,14H,2,4,10H2,1,3H3/t14-/m1/s1. The third kappa shape index (κ3) is 4.16. The molecule has 0 heterocycles. The fraction of sp³-hybridized carbons (Fsp3) is 0.312. The zero-order valence-corrected chi connectivity index (χ0v) is 11.7. The van der Waals surface area contributed by atoms with Gasteiger partial charge in [-0.25, -0.2) is 0 Å². The molecule has 1 aromatic carbocycles. The smallest absolute Gasteiger partial charge is 0.313 e. The van der Waals surface area contributed by atoms with Gasteiger partial charge in [-0.15, -0.1) is 0 Å². The molecule has 4 nitrogen and oxygen atoms in total. The number of rotatable bonds is 7. The highest BCUT2D eigenvalue weighted by Crippen LogP contribution is 2.19. The first kappa shape index (κ1) is 15.8. The molecule has 0 saturated heterocycles. The van der Waals surface area contributed by atoms with E-state index in [1.54, 1.807) is 37.3 Å². The summed E-state index contributed by atoms with van der Waals surface area (Å²) < 4.78 is 4.91. The van der Waals surface area contributed by atoms with Crippen molar-refractivity contribution in [3.8, 4) is 0 Å². The molecule has 1 rings (SSSR count). The molecular weight excluding hydrogens is 256 g/mol. The number of ether oxygens (including phenoxy) is 1. The van der Waals surface area contributed by atoms with Crippen LogP contribution in [0.15, 0.2) is 42.5 Å². The first-order chi connectivity index (χ1) is 9.47. The van der Waals surface area contributed by atoms with E-state index in [0.717, 1.165) is 0 Å². The van der Waals surface area contributed by atoms with Crippen LogP contribution in [0.4, 0.5) is 0 Å². The van der Waals surface area contributed by atoms with E-state index >= 15 is 0 Å². The summed E-state index contributed by atoms with van der Waals surface area (Å²) in [4.78, 5) is 35.4. The van der Waals surface area contributed by atoms with Crippen LogP contribution in [0.3, 0.4) is 0 Å². The van der Waals surface area contributed by atoms with Gasteiger partial charge < -0.3 is 4.74 Å². The van der Waals surface area contributed by atoms with Crippen molar-refractivity contribution in [3.63, 3.8) is 0 Å². The second-order valence-corrected chi connectivity index (χ2v) is 4.38. The summed E-state index contributed by atoms with van der Waals surface area (Å²) in [6, 6.07) is 8.62. The summed E-state index contributed by atoms with van der Waals surface area (Å²) in [6.07, 6.45) is -0.110. The van der Waals surface area contributed by atoms with Crippen LogP contribution in [0, 0.1) is 5.92 Å². The van der Waals surface area contributed by atoms with Gasteiger partial charge >= 0.3 is 5.97 Å². The Morgan fingerprint density at radius 1 is 1.20 bits per heavy atom. The first-order valence-corrected chi connectivity index (χ1v) is 6.42. The van der Waals surface area contributed by atoms with E-state index in [9.17, 15) is 14.4 Å². The van der Waals surface area contributed by atoms with Crippen molar-refractivity contribution in [3.05, 3.63) is 48.0 Å². The molecule has 0 fully saturated rings. The number of ketones is 2. The van der Waals surface area contributed by atoms with Gasteiger partial charge in [0.05, 0.1) is 12.5 Å². The summed E-state index contributed by atoms with van der Waals surface area (Å²) in [7, 11) is 0. The minimum Gasteiger partial charge on any atom is -0.466 e. The Kier molecular flexibility index (Phi) is 5.84. The van der Waals surface area contributed by atoms with Gasteiger partial charge in [-0.05, 0) is 13.8 Å². The lowest BCUT2D eigenvalue weighted by molar-refractivity contribution is -0.147. The van der Waals surface area contributed by atoms with Crippen LogP contribution in [-0.4, -0.2) is 24.1 Å². The quantitative estimate of drug-likeness (QED) is 0.435. The predicted octanol–water partition coefficient (Wildman–Crippen LogP) is 2.58. The monoisotopic (exact) mass is 274 g/mol. The Morgan fingerprint density at radius 3 is 2.30 bits per heavy atom. The van der Waals surface area contributed by atoms with Gasteiger partial charge in [0.25, 0.3) is 0 Å². The first-order valence-electron chi connectivity index (χ1n) is 6.42. The van der Waals surface area contributed by atoms with Crippen molar-refractivity contribution >= 4 is 17.5 Å². The molecule has 0 aromatic heterocycles. The average molecular weight is 274 g/mol. The SMILES string of the molecule is C=C(C(C)=O)[C@@H](CC(=O)c1ccccc1)C(=O)OCC. The average Bonchev–Trinajstić information content (AvgIpc) is 2.44. The van der Waals surface area contributed by atoms with E-state index in [-0.39, 0.29) is 30.2 Å². The summed E-state index contributed by atoms with van der Waals surface area (Å²) in [5, 5.41) is 0. The van der Waals surface area contributed by atoms with E-state index < -0.39 is 11.9 Å². The molecule has 20 heavy (non-hydrogen) atoms. The van der Waals surface area contributed by atoms with Gasteiger partial charge in [-0.2, -0.15) is 0 Å². The Labute approximate surface area is 118 Å². The zero-order chi connectivity index (χ0) is 15.1. The number of Topliss-reactive ketones (excluding diaryl/α,β-unsaturated/α-hetero) is 2. The van der Waals surface area contributed by atoms with Crippen molar-refractivity contribution in [1.29, 1.82) is 0 Å². The van der Waals surface area contributed by atoms with Crippen molar-refractivity contribution < 1.29 is 19.1 Å². The van der Waals surface area contributed by atoms with E-state index in [0.29, 0.717) is 5.56 Å². The molecule has 0 N–H and O–H groups in total. The Balaban J connectivity index is 2.90. The van der Waals surface area contributed by atoms with Crippen LogP contribution in [0.1, 0.15) is 30.6 Å². The number of benzene rings is 1. The lowest BCUT2D eigenvalue weighted by Gasteiger charge is -2.15. The van der Waals surface area contributed by atoms with Gasteiger partial charge in [0.2, 0.25) is 0 Å². The third-order valence-corrected chi connectivity index (χ3v) is 2.93. The van der Waals surface area contributed by atoms with E-state index in [1.165, 1.54) is 6.92 Å². The van der Waals surface area contributed by atoms with E-state index in [4.69, 9.17) is 4.74 Å². The van der Waals surface area contributed by atoms with Crippen molar-refractivity contribution in [2.24, 2.45) is 5.92 Å². The second-order valence-electron chi connectivity index (χ2n) is 4.38. The van der Waals surface area contributed by atoms with E-state index in [2.05, 4.69) is 6.58 Å². The van der Waals surface area contributed by atoms with Crippen LogP contribution in [0.5, 0.6) is 0 Å². The molecule has 1 atom stereocenters. The Morgan fingerprint density at radius 2 is 1.80 bits per heavy atom. The lowest BCUT2D eigenvalue weighted by atomic mass is 9.90. The highest BCUT2D eigenvalue weighted by Gasteiger charge is 2.28. The topological polar surface area (TPSA) is 60.4 Å². The van der Waals surface area contributed by atoms with Gasteiger partial charge in [0.1, 0.15) is 0 Å². The Hall–Kier alpha value is -2.23. The normalized spacial score (nSPS) is 11.5. The molecule has 0 bridgehead atoms. The summed E-state index contributed by atoms with van der Waals surface area (Å²) in [5.41, 5.74) is 0.603. The van der Waals surface area contributed by atoms with Gasteiger partial charge in [-0.1, -0.05) is 36.9 Å². The van der Waals surface area contributed by atoms with Gasteiger partial charge in [-0.3, -0.25) is 14.4 Å². The summed E-state index contributed by atoms with van der Waals surface area (Å²) >= 11 is 0. The maximum atomic E-state index is 12.1. The van der Waals surface area contributed by atoms with Crippen LogP contribution >= 0.6 is 0 Å². The van der Waals surface area contributed by atoms with E-state index in [1.807, 2.05) is 0 Å². The fourth-order valence-electron chi connectivity index (χ4n) is 1.76. The van der Waals surface area contributed by atoms with Crippen LogP contribution in [0.2, 0.25) is 0 Å². The maximum absolute atomic E-state index is 12.1. The van der Waals surface area contributed by atoms with Gasteiger partial charge in [0, 0.05) is 17.6 Å². The second kappa shape index (κ2) is 7.38. The van der Waals surface area contributed by atoms with Crippen LogP contribution in [0.25, 0.3) is 0 Å². The zero-order valence-electron chi connectivity index (χ0n) is 11.7.